The number of benzene rings is 1. The van der Waals surface area contributed by atoms with Gasteiger partial charge in [-0.05, 0) is 18.8 Å². The van der Waals surface area contributed by atoms with Gasteiger partial charge in [0, 0.05) is 38.2 Å². The molecule has 4 rings (SSSR count). The van der Waals surface area contributed by atoms with Crippen LogP contribution in [0.3, 0.4) is 0 Å². The molecule has 1 aromatic carbocycles. The van der Waals surface area contributed by atoms with Crippen molar-refractivity contribution in [3.05, 3.63) is 23.8 Å². The highest BCUT2D eigenvalue weighted by atomic mass is 19.1. The first-order valence-corrected chi connectivity index (χ1v) is 9.81. The number of carbonyl (C=O) groups is 2. The van der Waals surface area contributed by atoms with E-state index in [0.29, 0.717) is 12.3 Å². The third-order valence-electron chi connectivity index (χ3n) is 5.39. The van der Waals surface area contributed by atoms with Crippen molar-refractivity contribution in [2.75, 3.05) is 49.1 Å². The molecule has 2 heterocycles. The topological polar surface area (TPSA) is 88.3 Å². The Bertz CT molecular complexity index is 781. The molecule has 1 atom stereocenters. The van der Waals surface area contributed by atoms with Gasteiger partial charge in [0.15, 0.2) is 11.6 Å². The second-order valence-electron chi connectivity index (χ2n) is 7.57. The average molecular weight is 410 g/mol. The predicted molar refractivity (Wildman–Crippen MR) is 100 cm³/mol. The lowest BCUT2D eigenvalue weighted by atomic mass is 10.2. The molecule has 0 aromatic heterocycles. The van der Waals surface area contributed by atoms with Crippen molar-refractivity contribution in [2.24, 2.45) is 11.7 Å². The Balaban J connectivity index is 1.47. The number of halogens is 2. The number of cyclic esters (lactones) is 1. The molecule has 29 heavy (non-hydrogen) atoms. The molecule has 3 fully saturated rings. The molecule has 1 aliphatic carbocycles. The maximum Gasteiger partial charge on any atom is 0.414 e. The van der Waals surface area contributed by atoms with E-state index in [1.807, 2.05) is 0 Å². The first kappa shape index (κ1) is 19.8. The van der Waals surface area contributed by atoms with Gasteiger partial charge in [-0.1, -0.05) is 0 Å². The van der Waals surface area contributed by atoms with Crippen LogP contribution in [-0.4, -0.2) is 62.5 Å². The molecule has 2 amide bonds. The lowest BCUT2D eigenvalue weighted by molar-refractivity contribution is -0.182. The number of nitrogens with two attached hydrogens (primary N) is 1. The second kappa shape index (κ2) is 8.11. The first-order chi connectivity index (χ1) is 14.0. The molecular formula is C19H24F2N4O4. The van der Waals surface area contributed by atoms with E-state index in [0.717, 1.165) is 29.9 Å². The molecule has 0 radical (unpaired) electrons. The van der Waals surface area contributed by atoms with E-state index in [4.69, 9.17) is 15.3 Å². The van der Waals surface area contributed by atoms with Crippen LogP contribution >= 0.6 is 0 Å². The largest absolute Gasteiger partial charge is 0.443 e. The van der Waals surface area contributed by atoms with E-state index >= 15 is 0 Å². The summed E-state index contributed by atoms with van der Waals surface area (Å²) in [6.45, 7) is 1.13. The van der Waals surface area contributed by atoms with Crippen LogP contribution in [0.1, 0.15) is 19.3 Å². The van der Waals surface area contributed by atoms with Crippen molar-refractivity contribution in [2.45, 2.75) is 25.4 Å². The highest BCUT2D eigenvalue weighted by Gasteiger charge is 2.33. The molecular weight excluding hydrogens is 386 g/mol. The summed E-state index contributed by atoms with van der Waals surface area (Å²) in [5, 5.41) is 1.30. The van der Waals surface area contributed by atoms with E-state index in [2.05, 4.69) is 0 Å². The molecule has 8 nitrogen and oxygen atoms in total. The van der Waals surface area contributed by atoms with Crippen LogP contribution in [0.25, 0.3) is 0 Å². The number of rotatable bonds is 5. The fraction of sp³-hybridized carbons (Fsp3) is 0.579. The Hall–Kier alpha value is -2.46. The quantitative estimate of drug-likeness (QED) is 0.794. The normalized spacial score (nSPS) is 22.7. The van der Waals surface area contributed by atoms with Crippen LogP contribution in [0.2, 0.25) is 0 Å². The molecule has 1 saturated carbocycles. The number of hydrogen-bond acceptors (Lipinski definition) is 6. The molecule has 0 unspecified atom stereocenters. The molecule has 2 saturated heterocycles. The minimum atomic E-state index is -0.790. The zero-order valence-electron chi connectivity index (χ0n) is 16.0. The van der Waals surface area contributed by atoms with Gasteiger partial charge >= 0.3 is 6.09 Å². The number of amides is 2. The summed E-state index contributed by atoms with van der Waals surface area (Å²) in [4.78, 5) is 32.3. The molecule has 2 N–H and O–H groups in total. The fourth-order valence-electron chi connectivity index (χ4n) is 3.61. The third kappa shape index (κ3) is 4.27. The monoisotopic (exact) mass is 410 g/mol. The third-order valence-corrected chi connectivity index (χ3v) is 5.39. The Kier molecular flexibility index (Phi) is 5.55. The summed E-state index contributed by atoms with van der Waals surface area (Å²) in [5.41, 5.74) is 5.38. The van der Waals surface area contributed by atoms with Crippen molar-refractivity contribution < 1.29 is 27.9 Å². The highest BCUT2D eigenvalue weighted by Crippen LogP contribution is 2.34. The number of hydroxylamine groups is 2. The van der Waals surface area contributed by atoms with Crippen LogP contribution < -0.4 is 15.5 Å². The highest BCUT2D eigenvalue weighted by molar-refractivity contribution is 5.90. The number of ether oxygens (including phenoxy) is 1. The Morgan fingerprint density at radius 3 is 2.52 bits per heavy atom. The van der Waals surface area contributed by atoms with Gasteiger partial charge < -0.3 is 15.4 Å². The van der Waals surface area contributed by atoms with Crippen molar-refractivity contribution in [3.8, 4) is 0 Å². The number of carbonyl (C=O) groups excluding carboxylic acids is 2. The molecule has 2 aliphatic heterocycles. The molecule has 158 valence electrons. The predicted octanol–water partition coefficient (Wildman–Crippen LogP) is 1.63. The van der Waals surface area contributed by atoms with E-state index < -0.39 is 23.8 Å². The summed E-state index contributed by atoms with van der Waals surface area (Å²) < 4.78 is 34.7. The van der Waals surface area contributed by atoms with E-state index in [1.54, 1.807) is 0 Å². The van der Waals surface area contributed by atoms with E-state index in [-0.39, 0.29) is 56.6 Å². The van der Waals surface area contributed by atoms with Crippen LogP contribution in [0.4, 0.5) is 25.0 Å². The summed E-state index contributed by atoms with van der Waals surface area (Å²) in [5.74, 6) is -1.24. The van der Waals surface area contributed by atoms with Crippen molar-refractivity contribution >= 4 is 23.4 Å². The SMILES string of the molecule is NC[C@H]1CN(c2cc(F)c(N3CCON(C(=O)CC4CC4)CC3)c(F)c2)C(=O)O1. The van der Waals surface area contributed by atoms with Crippen LogP contribution in [0, 0.1) is 17.6 Å². The second-order valence-corrected chi connectivity index (χ2v) is 7.57. The van der Waals surface area contributed by atoms with E-state index in [1.165, 1.54) is 9.96 Å². The van der Waals surface area contributed by atoms with Crippen LogP contribution in [0.5, 0.6) is 0 Å². The lowest BCUT2D eigenvalue weighted by Gasteiger charge is -2.24. The zero-order valence-corrected chi connectivity index (χ0v) is 16.0. The molecule has 3 aliphatic rings. The number of hydrogen-bond donors (Lipinski definition) is 1. The van der Waals surface area contributed by atoms with Gasteiger partial charge in [0.2, 0.25) is 5.91 Å². The number of anilines is 2. The Morgan fingerprint density at radius 1 is 1.17 bits per heavy atom. The zero-order chi connectivity index (χ0) is 20.5. The fourth-order valence-corrected chi connectivity index (χ4v) is 3.61. The van der Waals surface area contributed by atoms with Crippen molar-refractivity contribution in [3.63, 3.8) is 0 Å². The van der Waals surface area contributed by atoms with Crippen LogP contribution in [-0.2, 0) is 14.4 Å². The minimum absolute atomic E-state index is 0.0806. The summed E-state index contributed by atoms with van der Waals surface area (Å²) in [6.07, 6.45) is 1.39. The maximum atomic E-state index is 14.8. The van der Waals surface area contributed by atoms with E-state index in [9.17, 15) is 18.4 Å². The van der Waals surface area contributed by atoms with Gasteiger partial charge in [-0.3, -0.25) is 14.5 Å². The van der Waals surface area contributed by atoms with Gasteiger partial charge in [0.25, 0.3) is 0 Å². The Labute approximate surface area is 167 Å². The molecule has 0 bridgehead atoms. The molecule has 1 aromatic rings. The van der Waals surface area contributed by atoms with Gasteiger partial charge in [0.05, 0.1) is 25.4 Å². The van der Waals surface area contributed by atoms with Crippen LogP contribution in [0.15, 0.2) is 12.1 Å². The lowest BCUT2D eigenvalue weighted by Crippen LogP contribution is -2.35. The Morgan fingerprint density at radius 2 is 1.90 bits per heavy atom. The minimum Gasteiger partial charge on any atom is -0.443 e. The van der Waals surface area contributed by atoms with Gasteiger partial charge in [-0.2, -0.15) is 0 Å². The smallest absolute Gasteiger partial charge is 0.414 e. The average Bonchev–Trinajstić information content (AvgIpc) is 3.45. The van der Waals surface area contributed by atoms with Gasteiger partial charge in [-0.15, -0.1) is 0 Å². The summed E-state index contributed by atoms with van der Waals surface area (Å²) in [6, 6.07) is 2.22. The number of nitrogens with zero attached hydrogens (tertiary/aromatic N) is 3. The molecule has 10 heteroatoms. The maximum absolute atomic E-state index is 14.8. The van der Waals surface area contributed by atoms with Crippen molar-refractivity contribution in [1.82, 2.24) is 5.06 Å². The molecule has 0 spiro atoms. The standard InChI is InChI=1S/C19H24F2N4O4/c20-15-8-13(24-11-14(10-22)29-19(24)27)9-16(21)18(15)23-3-4-25(28-6-5-23)17(26)7-12-1-2-12/h8-9,12,14H,1-7,10-11,22H2/t14-/m0/s1. The summed E-state index contributed by atoms with van der Waals surface area (Å²) in [7, 11) is 0. The van der Waals surface area contributed by atoms with Gasteiger partial charge in [0.1, 0.15) is 11.8 Å². The first-order valence-electron chi connectivity index (χ1n) is 9.81. The van der Waals surface area contributed by atoms with Gasteiger partial charge in [-0.25, -0.2) is 18.6 Å². The van der Waals surface area contributed by atoms with Crippen molar-refractivity contribution in [1.29, 1.82) is 0 Å². The summed E-state index contributed by atoms with van der Waals surface area (Å²) >= 11 is 0.